The van der Waals surface area contributed by atoms with E-state index in [2.05, 4.69) is 5.32 Å². The molecular formula is C9H13N3O3. The topological polar surface area (TPSA) is 77.2 Å². The van der Waals surface area contributed by atoms with Gasteiger partial charge in [0, 0.05) is 18.8 Å². The number of nitrogens with one attached hydrogen (secondary N) is 1. The molecule has 82 valence electrons. The second kappa shape index (κ2) is 5.26. The molecule has 0 spiro atoms. The van der Waals surface area contributed by atoms with Crippen LogP contribution in [-0.4, -0.2) is 23.1 Å². The molecule has 0 amide bonds. The summed E-state index contributed by atoms with van der Waals surface area (Å²) in [5.74, 6) is 0. The molecule has 1 N–H and O–H groups in total. The number of pyridine rings is 1. The van der Waals surface area contributed by atoms with Gasteiger partial charge in [-0.05, 0) is 26.1 Å². The van der Waals surface area contributed by atoms with E-state index in [0.717, 1.165) is 13.0 Å². The number of nitro groups is 1. The van der Waals surface area contributed by atoms with Gasteiger partial charge in [0.2, 0.25) is 0 Å². The molecule has 0 aliphatic rings. The van der Waals surface area contributed by atoms with E-state index in [1.165, 1.54) is 16.7 Å². The highest BCUT2D eigenvalue weighted by molar-refractivity contribution is 5.24. The van der Waals surface area contributed by atoms with Crippen LogP contribution in [0.25, 0.3) is 0 Å². The molecule has 0 unspecified atom stereocenters. The number of nitrogens with zero attached hydrogens (tertiary/aromatic N) is 2. The lowest BCUT2D eigenvalue weighted by molar-refractivity contribution is -0.386. The zero-order chi connectivity index (χ0) is 11.3. The highest BCUT2D eigenvalue weighted by atomic mass is 16.6. The summed E-state index contributed by atoms with van der Waals surface area (Å²) < 4.78 is 1.36. The molecule has 0 saturated carbocycles. The first-order chi connectivity index (χ1) is 7.16. The monoisotopic (exact) mass is 211 g/mol. The van der Waals surface area contributed by atoms with E-state index < -0.39 is 10.5 Å². The van der Waals surface area contributed by atoms with Crippen LogP contribution in [0.3, 0.4) is 0 Å². The lowest BCUT2D eigenvalue weighted by atomic mass is 10.3. The molecule has 1 aromatic rings. The standard InChI is InChI=1S/C9H13N3O3/c1-10-5-3-7-11-6-2-4-8(9(11)13)12(14)15/h2,4,6,10H,3,5,7H2,1H3. The van der Waals surface area contributed by atoms with Crippen molar-refractivity contribution in [3.8, 4) is 0 Å². The van der Waals surface area contributed by atoms with Crippen molar-refractivity contribution >= 4 is 5.69 Å². The molecule has 0 fully saturated rings. The maximum Gasteiger partial charge on any atom is 0.334 e. The first kappa shape index (κ1) is 11.4. The minimum absolute atomic E-state index is 0.373. The molecule has 1 heterocycles. The molecule has 1 aromatic heterocycles. The Labute approximate surface area is 86.7 Å². The molecule has 6 nitrogen and oxygen atoms in total. The van der Waals surface area contributed by atoms with E-state index in [9.17, 15) is 14.9 Å². The van der Waals surface area contributed by atoms with Crippen LogP contribution in [0.4, 0.5) is 5.69 Å². The zero-order valence-corrected chi connectivity index (χ0v) is 8.47. The number of hydrogen-bond acceptors (Lipinski definition) is 4. The third-order valence-corrected chi connectivity index (χ3v) is 2.02. The van der Waals surface area contributed by atoms with Gasteiger partial charge in [0.25, 0.3) is 0 Å². The molecule has 0 aromatic carbocycles. The van der Waals surface area contributed by atoms with Crippen molar-refractivity contribution in [1.29, 1.82) is 0 Å². The third kappa shape index (κ3) is 2.88. The molecule has 1 rings (SSSR count). The van der Waals surface area contributed by atoms with Crippen LogP contribution in [0, 0.1) is 10.1 Å². The van der Waals surface area contributed by atoms with Gasteiger partial charge in [0.05, 0.1) is 4.92 Å². The average molecular weight is 211 g/mol. The molecule has 0 aliphatic carbocycles. The van der Waals surface area contributed by atoms with Crippen molar-refractivity contribution in [2.75, 3.05) is 13.6 Å². The van der Waals surface area contributed by atoms with Crippen LogP contribution in [0.1, 0.15) is 6.42 Å². The van der Waals surface area contributed by atoms with Crippen LogP contribution < -0.4 is 10.9 Å². The second-order valence-corrected chi connectivity index (χ2v) is 3.11. The fourth-order valence-electron chi connectivity index (χ4n) is 1.27. The van der Waals surface area contributed by atoms with E-state index in [1.807, 2.05) is 7.05 Å². The Bertz CT molecular complexity index is 400. The SMILES string of the molecule is CNCCCn1cccc([N+](=O)[O-])c1=O. The van der Waals surface area contributed by atoms with E-state index >= 15 is 0 Å². The molecule has 0 aliphatic heterocycles. The maximum atomic E-state index is 11.5. The Balaban J connectivity index is 2.85. The summed E-state index contributed by atoms with van der Waals surface area (Å²) in [4.78, 5) is 21.3. The van der Waals surface area contributed by atoms with Crippen molar-refractivity contribution in [3.05, 3.63) is 38.8 Å². The summed E-state index contributed by atoms with van der Waals surface area (Å²) in [6, 6.07) is 2.73. The van der Waals surface area contributed by atoms with Crippen LogP contribution >= 0.6 is 0 Å². The Morgan fingerprint density at radius 1 is 1.60 bits per heavy atom. The fraction of sp³-hybridized carbons (Fsp3) is 0.444. The van der Waals surface area contributed by atoms with Gasteiger partial charge in [-0.1, -0.05) is 0 Å². The molecule has 0 radical (unpaired) electrons. The summed E-state index contributed by atoms with van der Waals surface area (Å²) in [5.41, 5.74) is -0.916. The number of aryl methyl sites for hydroxylation is 1. The lowest BCUT2D eigenvalue weighted by Crippen LogP contribution is -2.23. The van der Waals surface area contributed by atoms with Crippen molar-refractivity contribution in [2.45, 2.75) is 13.0 Å². The van der Waals surface area contributed by atoms with Crippen molar-refractivity contribution in [2.24, 2.45) is 0 Å². The van der Waals surface area contributed by atoms with E-state index in [4.69, 9.17) is 0 Å². The summed E-state index contributed by atoms with van der Waals surface area (Å²) in [7, 11) is 1.82. The largest absolute Gasteiger partial charge is 0.334 e. The first-order valence-corrected chi connectivity index (χ1v) is 4.65. The Kier molecular flexibility index (Phi) is 3.99. The van der Waals surface area contributed by atoms with Crippen LogP contribution in [-0.2, 0) is 6.54 Å². The quantitative estimate of drug-likeness (QED) is 0.433. The predicted octanol–water partition coefficient (Wildman–Crippen LogP) is 0.366. The molecule has 6 heteroatoms. The highest BCUT2D eigenvalue weighted by Crippen LogP contribution is 2.01. The zero-order valence-electron chi connectivity index (χ0n) is 8.47. The summed E-state index contributed by atoms with van der Waals surface area (Å²) in [6.45, 7) is 1.26. The normalized spacial score (nSPS) is 10.2. The van der Waals surface area contributed by atoms with Gasteiger partial charge >= 0.3 is 11.2 Å². The lowest BCUT2D eigenvalue weighted by Gasteiger charge is -2.04. The van der Waals surface area contributed by atoms with Gasteiger partial charge in [-0.25, -0.2) is 0 Å². The highest BCUT2D eigenvalue weighted by Gasteiger charge is 2.12. The Hall–Kier alpha value is -1.69. The fourth-order valence-corrected chi connectivity index (χ4v) is 1.27. The molecule has 0 saturated heterocycles. The molecular weight excluding hydrogens is 198 g/mol. The van der Waals surface area contributed by atoms with Gasteiger partial charge in [0.15, 0.2) is 0 Å². The Morgan fingerprint density at radius 3 is 2.93 bits per heavy atom. The van der Waals surface area contributed by atoms with Crippen LogP contribution in [0.5, 0.6) is 0 Å². The van der Waals surface area contributed by atoms with Crippen LogP contribution in [0.15, 0.2) is 23.1 Å². The minimum atomic E-state index is -0.656. The maximum absolute atomic E-state index is 11.5. The summed E-state index contributed by atoms with van der Waals surface area (Å²) in [5, 5.41) is 13.4. The Morgan fingerprint density at radius 2 is 2.33 bits per heavy atom. The van der Waals surface area contributed by atoms with E-state index in [1.54, 1.807) is 6.20 Å². The van der Waals surface area contributed by atoms with Crippen LogP contribution in [0.2, 0.25) is 0 Å². The van der Waals surface area contributed by atoms with Crippen molar-refractivity contribution in [3.63, 3.8) is 0 Å². The number of rotatable bonds is 5. The number of aromatic nitrogens is 1. The van der Waals surface area contributed by atoms with Crippen molar-refractivity contribution in [1.82, 2.24) is 9.88 Å². The second-order valence-electron chi connectivity index (χ2n) is 3.11. The molecule has 0 bridgehead atoms. The van der Waals surface area contributed by atoms with Gasteiger partial charge < -0.3 is 9.88 Å². The smallest absolute Gasteiger partial charge is 0.320 e. The van der Waals surface area contributed by atoms with Crippen molar-refractivity contribution < 1.29 is 4.92 Å². The first-order valence-electron chi connectivity index (χ1n) is 4.65. The summed E-state index contributed by atoms with van der Waals surface area (Å²) >= 11 is 0. The van der Waals surface area contributed by atoms with Gasteiger partial charge in [-0.2, -0.15) is 0 Å². The number of hydrogen-bond donors (Lipinski definition) is 1. The average Bonchev–Trinajstić information content (AvgIpc) is 2.20. The van der Waals surface area contributed by atoms with Gasteiger partial charge in [0.1, 0.15) is 0 Å². The minimum Gasteiger partial charge on any atom is -0.320 e. The van der Waals surface area contributed by atoms with E-state index in [-0.39, 0.29) is 5.69 Å². The molecule has 0 atom stereocenters. The van der Waals surface area contributed by atoms with Gasteiger partial charge in [-0.3, -0.25) is 14.9 Å². The molecule has 15 heavy (non-hydrogen) atoms. The van der Waals surface area contributed by atoms with E-state index in [0.29, 0.717) is 6.54 Å². The predicted molar refractivity (Wildman–Crippen MR) is 55.9 cm³/mol. The third-order valence-electron chi connectivity index (χ3n) is 2.02. The van der Waals surface area contributed by atoms with Gasteiger partial charge in [-0.15, -0.1) is 0 Å². The summed E-state index contributed by atoms with van der Waals surface area (Å²) in [6.07, 6.45) is 2.32.